The van der Waals surface area contributed by atoms with Gasteiger partial charge in [0.15, 0.2) is 0 Å². The SMILES string of the molecule is O=C1[C@@H]2[C@H]3C=C[C@H](C4=C(c5ccccc5)C[C@H]5C(=O)N(c6cccc([N+](=O)[O-])c6)C(=O)[C@@H]5[C@H]43)[C@H]2C(=O)N1c1cccc([N+](=O)[O-])c1. The molecule has 1 saturated carbocycles. The molecule has 0 N–H and O–H groups in total. The molecule has 46 heavy (non-hydrogen) atoms. The van der Waals surface area contributed by atoms with Crippen LogP contribution in [0.4, 0.5) is 22.7 Å². The highest BCUT2D eigenvalue weighted by Gasteiger charge is 2.67. The van der Waals surface area contributed by atoms with E-state index in [1.165, 1.54) is 48.5 Å². The Balaban J connectivity index is 1.26. The second-order valence-electron chi connectivity index (χ2n) is 12.3. The van der Waals surface area contributed by atoms with Gasteiger partial charge < -0.3 is 0 Å². The summed E-state index contributed by atoms with van der Waals surface area (Å²) < 4.78 is 0. The first kappa shape index (κ1) is 27.7. The largest absolute Gasteiger partial charge is 0.274 e. The lowest BCUT2D eigenvalue weighted by atomic mass is 9.49. The number of amides is 4. The van der Waals surface area contributed by atoms with Gasteiger partial charge in [-0.2, -0.15) is 0 Å². The van der Waals surface area contributed by atoms with Crippen molar-refractivity contribution in [3.8, 4) is 0 Å². The number of fused-ring (bicyclic) bond motifs is 1. The number of allylic oxidation sites excluding steroid dienone is 4. The average molecular weight is 617 g/mol. The molecule has 0 aromatic heterocycles. The number of nitro benzene ring substituents is 2. The van der Waals surface area contributed by atoms with Crippen molar-refractivity contribution < 1.29 is 29.0 Å². The van der Waals surface area contributed by atoms with Crippen molar-refractivity contribution in [3.05, 3.63) is 122 Å². The van der Waals surface area contributed by atoms with E-state index < -0.39 is 74.9 Å². The van der Waals surface area contributed by atoms with Gasteiger partial charge in [-0.1, -0.05) is 60.2 Å². The molecule has 3 aromatic carbocycles. The fourth-order valence-corrected chi connectivity index (χ4v) is 8.52. The Morgan fingerprint density at radius 1 is 0.609 bits per heavy atom. The predicted octanol–water partition coefficient (Wildman–Crippen LogP) is 4.70. The van der Waals surface area contributed by atoms with Crippen molar-refractivity contribution in [2.24, 2.45) is 41.4 Å². The molecule has 2 aliphatic heterocycles. The zero-order valence-electron chi connectivity index (χ0n) is 24.0. The van der Waals surface area contributed by atoms with Crippen LogP contribution in [0.5, 0.6) is 0 Å². The summed E-state index contributed by atoms with van der Waals surface area (Å²) >= 11 is 0. The van der Waals surface area contributed by atoms with Crippen LogP contribution in [0.2, 0.25) is 0 Å². The van der Waals surface area contributed by atoms with Gasteiger partial charge in [0.25, 0.3) is 11.4 Å². The van der Waals surface area contributed by atoms with Crippen LogP contribution >= 0.6 is 0 Å². The summed E-state index contributed by atoms with van der Waals surface area (Å²) in [6.07, 6.45) is 4.02. The van der Waals surface area contributed by atoms with E-state index in [9.17, 15) is 39.4 Å². The van der Waals surface area contributed by atoms with Crippen LogP contribution in [0.25, 0.3) is 5.57 Å². The maximum atomic E-state index is 14.3. The fraction of sp³-hybridized carbons (Fsp3) is 0.235. The van der Waals surface area contributed by atoms with Gasteiger partial charge in [0, 0.05) is 36.1 Å². The Morgan fingerprint density at radius 3 is 1.78 bits per heavy atom. The van der Waals surface area contributed by atoms with Gasteiger partial charge >= 0.3 is 0 Å². The normalized spacial score (nSPS) is 29.3. The van der Waals surface area contributed by atoms with E-state index in [-0.39, 0.29) is 29.2 Å². The Bertz CT molecular complexity index is 1990. The highest BCUT2D eigenvalue weighted by Crippen LogP contribution is 2.63. The summed E-state index contributed by atoms with van der Waals surface area (Å²) in [5.41, 5.74) is 2.26. The molecule has 12 nitrogen and oxygen atoms in total. The smallest absolute Gasteiger partial charge is 0.271 e. The maximum Gasteiger partial charge on any atom is 0.271 e. The molecule has 9 rings (SSSR count). The topological polar surface area (TPSA) is 161 Å². The van der Waals surface area contributed by atoms with Crippen molar-refractivity contribution in [3.63, 3.8) is 0 Å². The number of carbonyl (C=O) groups is 4. The second kappa shape index (κ2) is 9.86. The van der Waals surface area contributed by atoms with E-state index >= 15 is 0 Å². The van der Waals surface area contributed by atoms with E-state index in [0.29, 0.717) is 0 Å². The number of anilines is 2. The molecule has 4 amide bonds. The lowest BCUT2D eigenvalue weighted by molar-refractivity contribution is -0.385. The molecule has 6 aliphatic rings. The first-order valence-electron chi connectivity index (χ1n) is 14.9. The van der Waals surface area contributed by atoms with Gasteiger partial charge in [0.05, 0.1) is 44.9 Å². The molecule has 4 aliphatic carbocycles. The second-order valence-corrected chi connectivity index (χ2v) is 12.3. The summed E-state index contributed by atoms with van der Waals surface area (Å²) in [6, 6.07) is 20.3. The highest BCUT2D eigenvalue weighted by molar-refractivity contribution is 6.25. The molecular formula is C34H24N4O8. The van der Waals surface area contributed by atoms with Crippen LogP contribution in [0, 0.1) is 61.7 Å². The zero-order valence-corrected chi connectivity index (χ0v) is 24.0. The van der Waals surface area contributed by atoms with Crippen molar-refractivity contribution in [1.82, 2.24) is 0 Å². The Labute approximate surface area is 260 Å². The summed E-state index contributed by atoms with van der Waals surface area (Å²) in [7, 11) is 0. The molecule has 0 unspecified atom stereocenters. The van der Waals surface area contributed by atoms with Crippen LogP contribution < -0.4 is 9.80 Å². The molecule has 3 aromatic rings. The minimum Gasteiger partial charge on any atom is -0.274 e. The number of benzene rings is 3. The number of imide groups is 2. The molecule has 0 radical (unpaired) electrons. The highest BCUT2D eigenvalue weighted by atomic mass is 16.6. The van der Waals surface area contributed by atoms with Crippen LogP contribution in [-0.4, -0.2) is 33.5 Å². The summed E-state index contributed by atoms with van der Waals surface area (Å²) in [4.78, 5) is 80.5. The van der Waals surface area contributed by atoms with Crippen LogP contribution in [0.3, 0.4) is 0 Å². The third kappa shape index (κ3) is 3.73. The van der Waals surface area contributed by atoms with Gasteiger partial charge in [-0.05, 0) is 35.6 Å². The number of nitro groups is 2. The number of nitrogens with zero attached hydrogens (tertiary/aromatic N) is 4. The van der Waals surface area contributed by atoms with Crippen LogP contribution in [0.1, 0.15) is 12.0 Å². The van der Waals surface area contributed by atoms with Crippen molar-refractivity contribution >= 4 is 52.0 Å². The summed E-state index contributed by atoms with van der Waals surface area (Å²) in [5, 5.41) is 23.0. The standard InChI is InChI=1S/C34H24N4O8/c39-31-25-16-24(17-6-2-1-3-7-17)26-22-12-13-23(27(26)30(25)34(42)35(31)18-8-4-10-20(14-18)37(43)44)29-28(22)32(40)36(33(29)41)19-9-5-11-21(15-19)38(45)46/h1-15,22-23,25,27-30H,16H2/t22-,23+,25-,27+,28-,29-,30+/m1/s1. The third-order valence-corrected chi connectivity index (χ3v) is 10.2. The van der Waals surface area contributed by atoms with Gasteiger partial charge in [0.2, 0.25) is 23.6 Å². The minimum atomic E-state index is -0.845. The Kier molecular flexibility index (Phi) is 5.95. The van der Waals surface area contributed by atoms with Crippen molar-refractivity contribution in [1.29, 1.82) is 0 Å². The van der Waals surface area contributed by atoms with E-state index in [1.54, 1.807) is 0 Å². The molecule has 2 saturated heterocycles. The van der Waals surface area contributed by atoms with E-state index in [1.807, 2.05) is 42.5 Å². The maximum absolute atomic E-state index is 14.3. The number of non-ortho nitro benzene ring substituents is 2. The molecule has 0 spiro atoms. The fourth-order valence-electron chi connectivity index (χ4n) is 8.52. The van der Waals surface area contributed by atoms with Gasteiger partial charge in [-0.25, -0.2) is 9.80 Å². The molecule has 2 heterocycles. The van der Waals surface area contributed by atoms with Crippen molar-refractivity contribution in [2.45, 2.75) is 6.42 Å². The van der Waals surface area contributed by atoms with Crippen LogP contribution in [0.15, 0.2) is 96.6 Å². The van der Waals surface area contributed by atoms with Gasteiger partial charge in [0.1, 0.15) is 0 Å². The molecule has 7 atom stereocenters. The Hall–Kier alpha value is -5.78. The van der Waals surface area contributed by atoms with Gasteiger partial charge in [-0.15, -0.1) is 0 Å². The zero-order chi connectivity index (χ0) is 32.0. The third-order valence-electron chi connectivity index (χ3n) is 10.2. The monoisotopic (exact) mass is 616 g/mol. The molecule has 228 valence electrons. The first-order chi connectivity index (χ1) is 22.2. The lowest BCUT2D eigenvalue weighted by Crippen LogP contribution is -2.51. The van der Waals surface area contributed by atoms with Crippen LogP contribution in [-0.2, 0) is 19.2 Å². The minimum absolute atomic E-state index is 0.111. The quantitative estimate of drug-likeness (QED) is 0.172. The molecule has 12 heteroatoms. The number of hydrogen-bond acceptors (Lipinski definition) is 8. The van der Waals surface area contributed by atoms with E-state index in [0.717, 1.165) is 26.5 Å². The van der Waals surface area contributed by atoms with Gasteiger partial charge in [-0.3, -0.25) is 39.4 Å². The lowest BCUT2D eigenvalue weighted by Gasteiger charge is -2.51. The Morgan fingerprint density at radius 2 is 1.17 bits per heavy atom. The first-order valence-corrected chi connectivity index (χ1v) is 14.9. The summed E-state index contributed by atoms with van der Waals surface area (Å²) in [6.45, 7) is 0. The molecule has 3 fully saturated rings. The van der Waals surface area contributed by atoms with E-state index in [2.05, 4.69) is 0 Å². The average Bonchev–Trinajstić information content (AvgIpc) is 3.49. The number of rotatable bonds is 5. The van der Waals surface area contributed by atoms with Crippen molar-refractivity contribution in [2.75, 3.05) is 9.80 Å². The summed E-state index contributed by atoms with van der Waals surface area (Å²) in [5.74, 6) is -6.84. The number of hydrogen-bond donors (Lipinski definition) is 0. The van der Waals surface area contributed by atoms with E-state index in [4.69, 9.17) is 0 Å². The number of carbonyl (C=O) groups excluding carboxylic acids is 4. The molecule has 2 bridgehead atoms. The predicted molar refractivity (Wildman–Crippen MR) is 163 cm³/mol. The molecular weight excluding hydrogens is 592 g/mol.